The van der Waals surface area contributed by atoms with Gasteiger partial charge in [-0.15, -0.1) is 16.0 Å². The number of hydrogen-bond acceptors (Lipinski definition) is 4. The van der Waals surface area contributed by atoms with E-state index in [1.807, 2.05) is 43.4 Å². The number of hydrogen-bond donors (Lipinski definition) is 1. The van der Waals surface area contributed by atoms with Crippen LogP contribution in [0.4, 0.5) is 0 Å². The van der Waals surface area contributed by atoms with Crippen molar-refractivity contribution < 1.29 is 4.90 Å². The molecule has 0 saturated heterocycles. The van der Waals surface area contributed by atoms with Crippen molar-refractivity contribution in [3.05, 3.63) is 61.6 Å². The summed E-state index contributed by atoms with van der Waals surface area (Å²) in [6.45, 7) is 1.31. The van der Waals surface area contributed by atoms with E-state index >= 15 is 0 Å². The van der Waals surface area contributed by atoms with Crippen LogP contribution >= 0.6 is 27.3 Å². The Labute approximate surface area is 139 Å². The van der Waals surface area contributed by atoms with Crippen LogP contribution in [0, 0.1) is 0 Å². The summed E-state index contributed by atoms with van der Waals surface area (Å²) < 4.78 is 3.82. The number of tetrazole rings is 1. The summed E-state index contributed by atoms with van der Waals surface area (Å²) in [5.74, 6) is 0. The van der Waals surface area contributed by atoms with Gasteiger partial charge >= 0.3 is 5.69 Å². The molecule has 1 aromatic carbocycles. The van der Waals surface area contributed by atoms with Gasteiger partial charge in [0.05, 0.1) is 21.4 Å². The standard InChI is InChI=1S/C14H14BrN5OS/c1-18(9-12-7-8-13(15)22-12)10-19-14(21)20(17-16-19)11-5-3-2-4-6-11/h2-8H,9-10H2,1H3/p+1. The van der Waals surface area contributed by atoms with Gasteiger partial charge in [-0.05, 0) is 50.6 Å². The molecule has 0 aliphatic carbocycles. The van der Waals surface area contributed by atoms with E-state index in [0.717, 1.165) is 20.9 Å². The van der Waals surface area contributed by atoms with E-state index in [4.69, 9.17) is 0 Å². The van der Waals surface area contributed by atoms with Crippen molar-refractivity contribution in [2.24, 2.45) is 0 Å². The second-order valence-corrected chi connectivity index (χ2v) is 7.55. The van der Waals surface area contributed by atoms with E-state index in [-0.39, 0.29) is 5.69 Å². The average molecular weight is 381 g/mol. The van der Waals surface area contributed by atoms with Crippen molar-refractivity contribution in [2.75, 3.05) is 7.05 Å². The van der Waals surface area contributed by atoms with Gasteiger partial charge in [0.25, 0.3) is 0 Å². The first-order chi connectivity index (χ1) is 10.6. The molecule has 0 saturated carbocycles. The van der Waals surface area contributed by atoms with Gasteiger partial charge in [-0.3, -0.25) is 0 Å². The molecule has 1 N–H and O–H groups in total. The largest absolute Gasteiger partial charge is 0.373 e. The van der Waals surface area contributed by atoms with Crippen molar-refractivity contribution in [3.8, 4) is 5.69 Å². The van der Waals surface area contributed by atoms with Crippen molar-refractivity contribution in [2.45, 2.75) is 13.2 Å². The number of aromatic nitrogens is 4. The van der Waals surface area contributed by atoms with E-state index < -0.39 is 0 Å². The van der Waals surface area contributed by atoms with Crippen LogP contribution in [-0.4, -0.2) is 26.8 Å². The van der Waals surface area contributed by atoms with Crippen molar-refractivity contribution >= 4 is 27.3 Å². The molecule has 1 unspecified atom stereocenters. The highest BCUT2D eigenvalue weighted by Gasteiger charge is 2.13. The molecular formula is C14H15BrN5OS+. The maximum Gasteiger partial charge on any atom is 0.373 e. The van der Waals surface area contributed by atoms with Crippen molar-refractivity contribution in [1.82, 2.24) is 19.8 Å². The van der Waals surface area contributed by atoms with Crippen LogP contribution in [0.5, 0.6) is 0 Å². The summed E-state index contributed by atoms with van der Waals surface area (Å²) in [6.07, 6.45) is 0. The maximum atomic E-state index is 12.3. The number of para-hydroxylation sites is 1. The third kappa shape index (κ3) is 3.34. The molecular weight excluding hydrogens is 366 g/mol. The fraction of sp³-hybridized carbons (Fsp3) is 0.214. The quantitative estimate of drug-likeness (QED) is 0.716. The van der Waals surface area contributed by atoms with Gasteiger partial charge in [-0.1, -0.05) is 18.2 Å². The maximum absolute atomic E-state index is 12.3. The highest BCUT2D eigenvalue weighted by Crippen LogP contribution is 2.21. The summed E-state index contributed by atoms with van der Waals surface area (Å²) >= 11 is 5.16. The molecule has 3 rings (SSSR count). The third-order valence-corrected chi connectivity index (χ3v) is 4.79. The number of rotatable bonds is 5. The zero-order valence-corrected chi connectivity index (χ0v) is 14.3. The number of halogens is 1. The Morgan fingerprint density at radius 1 is 1.18 bits per heavy atom. The fourth-order valence-corrected chi connectivity index (χ4v) is 3.76. The topological polar surface area (TPSA) is 57.2 Å². The molecule has 6 nitrogen and oxygen atoms in total. The lowest BCUT2D eigenvalue weighted by atomic mass is 10.3. The summed E-state index contributed by atoms with van der Waals surface area (Å²) in [5, 5.41) is 7.92. The molecule has 114 valence electrons. The molecule has 2 aromatic heterocycles. The second-order valence-electron chi connectivity index (χ2n) is 5.01. The Morgan fingerprint density at radius 3 is 2.64 bits per heavy atom. The van der Waals surface area contributed by atoms with E-state index in [9.17, 15) is 4.79 Å². The second kappa shape index (κ2) is 6.55. The molecule has 0 aliphatic heterocycles. The monoisotopic (exact) mass is 380 g/mol. The van der Waals surface area contributed by atoms with Crippen LogP contribution in [0.1, 0.15) is 4.88 Å². The lowest BCUT2D eigenvalue weighted by Gasteiger charge is -2.11. The molecule has 22 heavy (non-hydrogen) atoms. The first-order valence-corrected chi connectivity index (χ1v) is 8.38. The van der Waals surface area contributed by atoms with E-state index in [0.29, 0.717) is 6.67 Å². The van der Waals surface area contributed by atoms with Gasteiger partial charge in [-0.2, -0.15) is 4.68 Å². The normalized spacial score (nSPS) is 12.5. The Morgan fingerprint density at radius 2 is 1.95 bits per heavy atom. The summed E-state index contributed by atoms with van der Waals surface area (Å²) in [7, 11) is 2.03. The zero-order valence-electron chi connectivity index (χ0n) is 11.9. The summed E-state index contributed by atoms with van der Waals surface area (Å²) in [6, 6.07) is 13.4. The molecule has 2 heterocycles. The predicted molar refractivity (Wildman–Crippen MR) is 88.2 cm³/mol. The van der Waals surface area contributed by atoms with Crippen LogP contribution in [-0.2, 0) is 13.2 Å². The lowest BCUT2D eigenvalue weighted by molar-refractivity contribution is -0.917. The van der Waals surface area contributed by atoms with Crippen LogP contribution < -0.4 is 10.6 Å². The van der Waals surface area contributed by atoms with Gasteiger partial charge in [0.1, 0.15) is 6.54 Å². The number of thiophene rings is 1. The smallest absolute Gasteiger partial charge is 0.314 e. The molecule has 3 aromatic rings. The Bertz CT molecular complexity index is 810. The first-order valence-electron chi connectivity index (χ1n) is 6.77. The van der Waals surface area contributed by atoms with Gasteiger partial charge in [0.2, 0.25) is 0 Å². The predicted octanol–water partition coefficient (Wildman–Crippen LogP) is 0.925. The molecule has 8 heteroatoms. The third-order valence-electron chi connectivity index (χ3n) is 3.16. The molecule has 0 amide bonds. The van der Waals surface area contributed by atoms with Gasteiger partial charge in [0.15, 0.2) is 6.67 Å². The Balaban J connectivity index is 1.73. The number of benzene rings is 1. The number of nitrogens with zero attached hydrogens (tertiary/aromatic N) is 4. The minimum Gasteiger partial charge on any atom is -0.314 e. The highest BCUT2D eigenvalue weighted by atomic mass is 79.9. The van der Waals surface area contributed by atoms with Gasteiger partial charge < -0.3 is 4.90 Å². The Hall–Kier alpha value is -1.77. The molecule has 1 atom stereocenters. The molecule has 0 bridgehead atoms. The first kappa shape index (κ1) is 15.1. The minimum atomic E-state index is -0.224. The van der Waals surface area contributed by atoms with E-state index in [1.165, 1.54) is 14.2 Å². The van der Waals surface area contributed by atoms with E-state index in [2.05, 4.69) is 32.4 Å². The van der Waals surface area contributed by atoms with Crippen LogP contribution in [0.15, 0.2) is 51.0 Å². The molecule has 0 fully saturated rings. The number of quaternary nitrogens is 1. The average Bonchev–Trinajstić information content (AvgIpc) is 3.07. The van der Waals surface area contributed by atoms with Crippen LogP contribution in [0.25, 0.3) is 5.69 Å². The zero-order chi connectivity index (χ0) is 15.5. The molecule has 0 spiro atoms. The SMILES string of the molecule is C[NH+](Cc1ccc(Br)s1)Cn1nnn(-c2ccccc2)c1=O. The minimum absolute atomic E-state index is 0.224. The lowest BCUT2D eigenvalue weighted by Crippen LogP contribution is -3.07. The van der Waals surface area contributed by atoms with Crippen molar-refractivity contribution in [1.29, 1.82) is 0 Å². The molecule has 0 aliphatic rings. The summed E-state index contributed by atoms with van der Waals surface area (Å²) in [4.78, 5) is 14.8. The highest BCUT2D eigenvalue weighted by molar-refractivity contribution is 9.11. The van der Waals surface area contributed by atoms with Crippen molar-refractivity contribution in [3.63, 3.8) is 0 Å². The van der Waals surface area contributed by atoms with Gasteiger partial charge in [-0.25, -0.2) is 4.79 Å². The Kier molecular flexibility index (Phi) is 4.51. The summed E-state index contributed by atoms with van der Waals surface area (Å²) in [5.41, 5.74) is 0.497. The molecule has 0 radical (unpaired) electrons. The number of nitrogens with one attached hydrogen (secondary N) is 1. The van der Waals surface area contributed by atoms with Gasteiger partial charge in [0, 0.05) is 0 Å². The van der Waals surface area contributed by atoms with E-state index in [1.54, 1.807) is 11.3 Å². The van der Waals surface area contributed by atoms with Crippen LogP contribution in [0.2, 0.25) is 0 Å². The fourth-order valence-electron chi connectivity index (χ4n) is 2.16. The van der Waals surface area contributed by atoms with Crippen LogP contribution in [0.3, 0.4) is 0 Å².